The smallest absolute Gasteiger partial charge is 0.332 e. The third-order valence-electron chi connectivity index (χ3n) is 3.78. The van der Waals surface area contributed by atoms with Crippen molar-refractivity contribution in [3.05, 3.63) is 54.6 Å². The van der Waals surface area contributed by atoms with E-state index in [1.165, 1.54) is 11.6 Å². The monoisotopic (exact) mass is 398 g/mol. The van der Waals surface area contributed by atoms with Crippen molar-refractivity contribution < 1.29 is 4.79 Å². The molecule has 2 aromatic rings. The van der Waals surface area contributed by atoms with Crippen molar-refractivity contribution in [1.82, 2.24) is 9.13 Å². The number of hydrogen-bond acceptors (Lipinski definition) is 5. The molecule has 0 fully saturated rings. The summed E-state index contributed by atoms with van der Waals surface area (Å²) in [4.78, 5) is 37.2. The van der Waals surface area contributed by atoms with Crippen molar-refractivity contribution in [2.75, 3.05) is 17.6 Å². The van der Waals surface area contributed by atoms with E-state index >= 15 is 0 Å². The fraction of sp³-hybridized carbons (Fsp3) is 0.353. The molecule has 9 heteroatoms. The Kier molecular flexibility index (Phi) is 6.15. The van der Waals surface area contributed by atoms with Gasteiger partial charge in [0.25, 0.3) is 5.56 Å². The summed E-state index contributed by atoms with van der Waals surface area (Å²) in [5, 5.41) is 3.61. The first-order chi connectivity index (χ1) is 12.1. The van der Waals surface area contributed by atoms with Crippen molar-refractivity contribution >= 4 is 40.5 Å². The molecule has 0 radical (unpaired) electrons. The first-order valence-electron chi connectivity index (χ1n) is 7.94. The summed E-state index contributed by atoms with van der Waals surface area (Å²) in [7, 11) is 1.32. The number of carbonyl (C=O) groups excluding carboxylic acids is 1. The van der Waals surface area contributed by atoms with Crippen LogP contribution in [-0.2, 0) is 13.6 Å². The van der Waals surface area contributed by atoms with Gasteiger partial charge >= 0.3 is 5.69 Å². The van der Waals surface area contributed by atoms with E-state index in [1.807, 2.05) is 13.8 Å². The van der Waals surface area contributed by atoms with Crippen LogP contribution in [0.2, 0.25) is 10.0 Å². The number of benzene rings is 1. The van der Waals surface area contributed by atoms with Crippen LogP contribution in [0.1, 0.15) is 24.2 Å². The number of Topliss-reactive ketones (excluding diaryl/α,β-unsaturated/α-hetero) is 1. The van der Waals surface area contributed by atoms with Gasteiger partial charge in [0, 0.05) is 19.3 Å². The first kappa shape index (κ1) is 20.1. The van der Waals surface area contributed by atoms with E-state index in [9.17, 15) is 14.4 Å². The first-order valence-corrected chi connectivity index (χ1v) is 8.70. The number of anilines is 2. The van der Waals surface area contributed by atoms with Crippen LogP contribution in [0.25, 0.3) is 0 Å². The molecule has 26 heavy (non-hydrogen) atoms. The molecule has 7 nitrogen and oxygen atoms in total. The molecule has 0 spiro atoms. The van der Waals surface area contributed by atoms with Gasteiger partial charge in [0.15, 0.2) is 5.78 Å². The van der Waals surface area contributed by atoms with E-state index in [4.69, 9.17) is 28.9 Å². The fourth-order valence-electron chi connectivity index (χ4n) is 2.46. The molecule has 0 aliphatic heterocycles. The van der Waals surface area contributed by atoms with Gasteiger partial charge in [-0.2, -0.15) is 0 Å². The van der Waals surface area contributed by atoms with E-state index < -0.39 is 17.0 Å². The van der Waals surface area contributed by atoms with Crippen LogP contribution in [0.4, 0.5) is 11.5 Å². The number of nitrogens with two attached hydrogens (primary N) is 1. The van der Waals surface area contributed by atoms with Gasteiger partial charge in [0.05, 0.1) is 16.6 Å². The van der Waals surface area contributed by atoms with Crippen LogP contribution in [0, 0.1) is 5.92 Å². The van der Waals surface area contributed by atoms with Crippen LogP contribution in [0.15, 0.2) is 27.8 Å². The normalized spacial score (nSPS) is 11.0. The lowest BCUT2D eigenvalue weighted by molar-refractivity contribution is 0.100. The second kappa shape index (κ2) is 7.97. The Bertz CT molecular complexity index is 964. The van der Waals surface area contributed by atoms with Crippen molar-refractivity contribution in [2.45, 2.75) is 20.4 Å². The average molecular weight is 399 g/mol. The highest BCUT2D eigenvalue weighted by Crippen LogP contribution is 2.25. The molecule has 0 atom stereocenters. The fourth-order valence-corrected chi connectivity index (χ4v) is 2.76. The number of nitrogen functional groups attached to an aromatic ring is 1. The molecule has 140 valence electrons. The lowest BCUT2D eigenvalue weighted by Gasteiger charge is -2.16. The highest BCUT2D eigenvalue weighted by Gasteiger charge is 2.21. The zero-order valence-electron chi connectivity index (χ0n) is 14.7. The molecule has 0 amide bonds. The summed E-state index contributed by atoms with van der Waals surface area (Å²) in [5.74, 6) is -0.524. The van der Waals surface area contributed by atoms with Crippen molar-refractivity contribution in [1.29, 1.82) is 0 Å². The largest absolute Gasteiger partial charge is 0.384 e. The van der Waals surface area contributed by atoms with Crippen LogP contribution in [0.5, 0.6) is 0 Å². The SMILES string of the molecule is CC(C)Cn1c(N)c(C(=O)CNc2ccc(Cl)c(Cl)c2)c(=O)n(C)c1=O. The second-order valence-electron chi connectivity index (χ2n) is 6.32. The number of nitrogens with zero attached hydrogens (tertiary/aromatic N) is 2. The Morgan fingerprint density at radius 2 is 1.88 bits per heavy atom. The number of halogens is 2. The number of carbonyl (C=O) groups is 1. The molecular weight excluding hydrogens is 379 g/mol. The summed E-state index contributed by atoms with van der Waals surface area (Å²) < 4.78 is 2.14. The summed E-state index contributed by atoms with van der Waals surface area (Å²) in [6.07, 6.45) is 0. The highest BCUT2D eigenvalue weighted by atomic mass is 35.5. The summed E-state index contributed by atoms with van der Waals surface area (Å²) in [6.45, 7) is 3.94. The molecule has 2 rings (SSSR count). The van der Waals surface area contributed by atoms with Gasteiger partial charge in [-0.1, -0.05) is 37.0 Å². The minimum Gasteiger partial charge on any atom is -0.384 e. The van der Waals surface area contributed by atoms with Crippen LogP contribution >= 0.6 is 23.2 Å². The van der Waals surface area contributed by atoms with Crippen LogP contribution in [0.3, 0.4) is 0 Å². The van der Waals surface area contributed by atoms with Crippen LogP contribution < -0.4 is 22.3 Å². The maximum Gasteiger partial charge on any atom is 0.332 e. The zero-order valence-corrected chi connectivity index (χ0v) is 16.2. The van der Waals surface area contributed by atoms with Gasteiger partial charge in [-0.15, -0.1) is 0 Å². The van der Waals surface area contributed by atoms with Gasteiger partial charge in [0.2, 0.25) is 0 Å². The number of hydrogen-bond donors (Lipinski definition) is 2. The Morgan fingerprint density at radius 1 is 1.23 bits per heavy atom. The molecule has 3 N–H and O–H groups in total. The number of nitrogens with one attached hydrogen (secondary N) is 1. The van der Waals surface area contributed by atoms with Gasteiger partial charge in [0.1, 0.15) is 11.4 Å². The minimum atomic E-state index is -0.714. The lowest BCUT2D eigenvalue weighted by atomic mass is 10.1. The van der Waals surface area contributed by atoms with Gasteiger partial charge in [-0.05, 0) is 24.1 Å². The van der Waals surface area contributed by atoms with E-state index in [0.29, 0.717) is 22.3 Å². The van der Waals surface area contributed by atoms with Gasteiger partial charge < -0.3 is 11.1 Å². The minimum absolute atomic E-state index is 0.116. The third kappa shape index (κ3) is 4.11. The number of ketones is 1. The topological polar surface area (TPSA) is 99.1 Å². The Labute approximate surface area is 160 Å². The predicted octanol–water partition coefficient (Wildman–Crippen LogP) is 2.39. The molecule has 1 heterocycles. The van der Waals surface area contributed by atoms with E-state index in [2.05, 4.69) is 5.32 Å². The molecule has 0 unspecified atom stereocenters. The highest BCUT2D eigenvalue weighted by molar-refractivity contribution is 6.42. The van der Waals surface area contributed by atoms with Gasteiger partial charge in [-0.25, -0.2) is 4.79 Å². The van der Waals surface area contributed by atoms with Gasteiger partial charge in [-0.3, -0.25) is 18.7 Å². The molecule has 1 aromatic heterocycles. The molecule has 0 aliphatic rings. The number of aromatic nitrogens is 2. The second-order valence-corrected chi connectivity index (χ2v) is 7.13. The standard InChI is InChI=1S/C17H20Cl2N4O3/c1-9(2)8-23-15(20)14(16(25)22(3)17(23)26)13(24)7-21-10-4-5-11(18)12(19)6-10/h4-6,9,21H,7-8,20H2,1-3H3. The maximum absolute atomic E-state index is 12.6. The molecule has 1 aromatic carbocycles. The zero-order chi connectivity index (χ0) is 19.6. The predicted molar refractivity (Wildman–Crippen MR) is 104 cm³/mol. The van der Waals surface area contributed by atoms with E-state index in [1.54, 1.807) is 18.2 Å². The van der Waals surface area contributed by atoms with Crippen LogP contribution in [-0.4, -0.2) is 21.5 Å². The third-order valence-corrected chi connectivity index (χ3v) is 4.52. The molecule has 0 saturated heterocycles. The molecule has 0 aliphatic carbocycles. The van der Waals surface area contributed by atoms with E-state index in [0.717, 1.165) is 4.57 Å². The maximum atomic E-state index is 12.6. The summed E-state index contributed by atoms with van der Waals surface area (Å²) >= 11 is 11.8. The lowest BCUT2D eigenvalue weighted by Crippen LogP contribution is -2.43. The van der Waals surface area contributed by atoms with Crippen molar-refractivity contribution in [2.24, 2.45) is 13.0 Å². The Hall–Kier alpha value is -2.25. The van der Waals surface area contributed by atoms with E-state index in [-0.39, 0.29) is 23.8 Å². The molecule has 0 saturated carbocycles. The molecule has 0 bridgehead atoms. The quantitative estimate of drug-likeness (QED) is 0.727. The summed E-state index contributed by atoms with van der Waals surface area (Å²) in [6, 6.07) is 4.81. The van der Waals surface area contributed by atoms with Crippen molar-refractivity contribution in [3.63, 3.8) is 0 Å². The average Bonchev–Trinajstić information content (AvgIpc) is 2.58. The Morgan fingerprint density at radius 3 is 2.46 bits per heavy atom. The Balaban J connectivity index is 2.36. The summed E-state index contributed by atoms with van der Waals surface area (Å²) in [5.41, 5.74) is 5.08. The molecular formula is C17H20Cl2N4O3. The number of rotatable bonds is 6. The van der Waals surface area contributed by atoms with Crippen molar-refractivity contribution in [3.8, 4) is 0 Å².